The standard InChI is InChI=1S/C48H28N4/c1-2-9-29(10-3-1)30-17-21-33(22-18-30)46-50-47(41-26-25-40-36-14-7-6-13-35(36)38-15-8-16-39(41)45(38)40)52-48(51-46)43-28-49-27-42-37(43)24-23-32-20-19-31-11-4-5-12-34(31)44(32)42/h1-28H. The molecule has 2 heterocycles. The molecule has 0 fully saturated rings. The maximum Gasteiger partial charge on any atom is 0.166 e. The van der Waals surface area contributed by atoms with Gasteiger partial charge in [-0.2, -0.15) is 0 Å². The number of hydrogen-bond acceptors (Lipinski definition) is 4. The number of rotatable bonds is 4. The highest BCUT2D eigenvalue weighted by molar-refractivity contribution is 6.22. The van der Waals surface area contributed by atoms with Crippen LogP contribution < -0.4 is 0 Å². The summed E-state index contributed by atoms with van der Waals surface area (Å²) in [5.74, 6) is 1.85. The van der Waals surface area contributed by atoms with Crippen LogP contribution in [0.5, 0.6) is 0 Å². The zero-order valence-corrected chi connectivity index (χ0v) is 28.0. The normalized spacial score (nSPS) is 11.8. The third kappa shape index (κ3) is 4.34. The summed E-state index contributed by atoms with van der Waals surface area (Å²) in [4.78, 5) is 20.5. The number of aromatic nitrogens is 4. The molecule has 0 unspecified atom stereocenters. The van der Waals surface area contributed by atoms with Crippen molar-refractivity contribution in [2.75, 3.05) is 0 Å². The molecule has 4 nitrogen and oxygen atoms in total. The SMILES string of the molecule is c1ccc(-c2ccc(-c3nc(-c4ccc5c6c(cccc46)-c4ccccc4-5)nc(-c4cncc5c4ccc4ccc6ccccc6c45)n3)cc2)cc1. The second kappa shape index (κ2) is 11.2. The summed E-state index contributed by atoms with van der Waals surface area (Å²) in [5, 5.41) is 9.25. The molecule has 1 aliphatic rings. The van der Waals surface area contributed by atoms with Crippen LogP contribution in [-0.4, -0.2) is 19.9 Å². The van der Waals surface area contributed by atoms with E-state index in [1.54, 1.807) is 0 Å². The Morgan fingerprint density at radius 3 is 1.71 bits per heavy atom. The second-order valence-electron chi connectivity index (χ2n) is 13.4. The van der Waals surface area contributed by atoms with E-state index < -0.39 is 0 Å². The summed E-state index contributed by atoms with van der Waals surface area (Å²) in [5.41, 5.74) is 10.1. The molecule has 0 spiro atoms. The number of nitrogens with zero attached hydrogens (tertiary/aromatic N) is 4. The first-order chi connectivity index (χ1) is 25.8. The monoisotopic (exact) mass is 660 g/mol. The van der Waals surface area contributed by atoms with Crippen LogP contribution in [-0.2, 0) is 0 Å². The Balaban J connectivity index is 1.16. The van der Waals surface area contributed by atoms with Crippen LogP contribution in [0.25, 0.3) is 111 Å². The molecule has 0 aliphatic heterocycles. The molecule has 11 rings (SSSR count). The van der Waals surface area contributed by atoms with Gasteiger partial charge in [0.15, 0.2) is 17.5 Å². The van der Waals surface area contributed by atoms with Crippen molar-refractivity contribution < 1.29 is 0 Å². The van der Waals surface area contributed by atoms with Gasteiger partial charge in [0.1, 0.15) is 0 Å². The zero-order chi connectivity index (χ0) is 34.2. The van der Waals surface area contributed by atoms with Gasteiger partial charge in [-0.1, -0.05) is 152 Å². The molecule has 0 amide bonds. The Morgan fingerprint density at radius 1 is 0.269 bits per heavy atom. The maximum atomic E-state index is 5.27. The number of fused-ring (bicyclic) bond motifs is 8. The summed E-state index contributed by atoms with van der Waals surface area (Å²) >= 11 is 0. The molecule has 4 heteroatoms. The maximum absolute atomic E-state index is 5.27. The molecule has 52 heavy (non-hydrogen) atoms. The molecule has 0 atom stereocenters. The fraction of sp³-hybridized carbons (Fsp3) is 0. The van der Waals surface area contributed by atoms with Crippen molar-refractivity contribution >= 4 is 43.1 Å². The van der Waals surface area contributed by atoms with Gasteiger partial charge >= 0.3 is 0 Å². The first-order valence-corrected chi connectivity index (χ1v) is 17.5. The van der Waals surface area contributed by atoms with Crippen molar-refractivity contribution in [1.29, 1.82) is 0 Å². The van der Waals surface area contributed by atoms with Crippen LogP contribution in [0.3, 0.4) is 0 Å². The first-order valence-electron chi connectivity index (χ1n) is 17.5. The zero-order valence-electron chi connectivity index (χ0n) is 28.0. The number of hydrogen-bond donors (Lipinski definition) is 0. The average Bonchev–Trinajstić information content (AvgIpc) is 3.55. The molecule has 10 aromatic rings. The number of benzene rings is 8. The Hall–Kier alpha value is -7.04. The van der Waals surface area contributed by atoms with Crippen LogP contribution in [0.4, 0.5) is 0 Å². The fourth-order valence-electron chi connectivity index (χ4n) is 8.12. The van der Waals surface area contributed by atoms with Crippen LogP contribution in [0.1, 0.15) is 0 Å². The van der Waals surface area contributed by atoms with Gasteiger partial charge in [-0.25, -0.2) is 15.0 Å². The third-order valence-corrected chi connectivity index (χ3v) is 10.6. The van der Waals surface area contributed by atoms with E-state index in [4.69, 9.17) is 19.9 Å². The van der Waals surface area contributed by atoms with Crippen LogP contribution in [0.2, 0.25) is 0 Å². The number of pyridine rings is 1. The Labute approximate surface area is 299 Å². The predicted molar refractivity (Wildman–Crippen MR) is 214 cm³/mol. The second-order valence-corrected chi connectivity index (χ2v) is 13.4. The molecule has 240 valence electrons. The molecule has 0 saturated carbocycles. The van der Waals surface area contributed by atoms with Gasteiger partial charge in [0.25, 0.3) is 0 Å². The smallest absolute Gasteiger partial charge is 0.166 e. The Morgan fingerprint density at radius 2 is 0.865 bits per heavy atom. The molecular formula is C48H28N4. The minimum atomic E-state index is 0.594. The van der Waals surface area contributed by atoms with Crippen molar-refractivity contribution in [3.05, 3.63) is 170 Å². The Bertz CT molecular complexity index is 3030. The lowest BCUT2D eigenvalue weighted by Gasteiger charge is -2.13. The van der Waals surface area contributed by atoms with E-state index in [0.717, 1.165) is 38.4 Å². The molecule has 0 bridgehead atoms. The summed E-state index contributed by atoms with van der Waals surface area (Å²) in [6.45, 7) is 0. The predicted octanol–water partition coefficient (Wildman–Crippen LogP) is 12.2. The molecule has 0 saturated heterocycles. The molecular weight excluding hydrogens is 633 g/mol. The van der Waals surface area contributed by atoms with E-state index in [1.165, 1.54) is 54.7 Å². The average molecular weight is 661 g/mol. The highest BCUT2D eigenvalue weighted by Crippen LogP contribution is 2.49. The van der Waals surface area contributed by atoms with Crippen LogP contribution in [0.15, 0.2) is 170 Å². The highest BCUT2D eigenvalue weighted by atomic mass is 15.0. The van der Waals surface area contributed by atoms with Crippen molar-refractivity contribution in [3.8, 4) is 67.5 Å². The summed E-state index contributed by atoms with van der Waals surface area (Å²) in [7, 11) is 0. The van der Waals surface area contributed by atoms with Gasteiger partial charge in [0.2, 0.25) is 0 Å². The molecule has 0 radical (unpaired) electrons. The fourth-order valence-corrected chi connectivity index (χ4v) is 8.12. The topological polar surface area (TPSA) is 51.6 Å². The van der Waals surface area contributed by atoms with Crippen LogP contribution in [0, 0.1) is 0 Å². The lowest BCUT2D eigenvalue weighted by Crippen LogP contribution is -2.01. The van der Waals surface area contributed by atoms with E-state index in [1.807, 2.05) is 18.5 Å². The minimum Gasteiger partial charge on any atom is -0.263 e. The van der Waals surface area contributed by atoms with Crippen molar-refractivity contribution in [2.45, 2.75) is 0 Å². The minimum absolute atomic E-state index is 0.594. The van der Waals surface area contributed by atoms with Gasteiger partial charge in [0, 0.05) is 34.5 Å². The third-order valence-electron chi connectivity index (χ3n) is 10.6. The van der Waals surface area contributed by atoms with Crippen molar-refractivity contribution in [2.24, 2.45) is 0 Å². The van der Waals surface area contributed by atoms with Gasteiger partial charge in [-0.15, -0.1) is 0 Å². The van der Waals surface area contributed by atoms with Crippen molar-refractivity contribution in [1.82, 2.24) is 19.9 Å². The van der Waals surface area contributed by atoms with Crippen molar-refractivity contribution in [3.63, 3.8) is 0 Å². The molecule has 8 aromatic carbocycles. The van der Waals surface area contributed by atoms with Gasteiger partial charge in [-0.3, -0.25) is 4.98 Å². The molecule has 2 aromatic heterocycles. The molecule has 1 aliphatic carbocycles. The summed E-state index contributed by atoms with van der Waals surface area (Å²) in [6.07, 6.45) is 3.87. The molecule has 0 N–H and O–H groups in total. The van der Waals surface area contributed by atoms with E-state index in [2.05, 4.69) is 152 Å². The van der Waals surface area contributed by atoms with Crippen LogP contribution >= 0.6 is 0 Å². The lowest BCUT2D eigenvalue weighted by molar-refractivity contribution is 1.08. The quantitative estimate of drug-likeness (QED) is 0.176. The van der Waals surface area contributed by atoms with E-state index in [9.17, 15) is 0 Å². The van der Waals surface area contributed by atoms with Gasteiger partial charge in [0.05, 0.1) is 0 Å². The Kier molecular flexibility index (Phi) is 6.22. The largest absolute Gasteiger partial charge is 0.263 e. The summed E-state index contributed by atoms with van der Waals surface area (Å²) in [6, 6.07) is 55.8. The van der Waals surface area contributed by atoms with E-state index in [0.29, 0.717) is 17.5 Å². The van der Waals surface area contributed by atoms with E-state index >= 15 is 0 Å². The highest BCUT2D eigenvalue weighted by Gasteiger charge is 2.24. The lowest BCUT2D eigenvalue weighted by atomic mass is 9.95. The summed E-state index contributed by atoms with van der Waals surface area (Å²) < 4.78 is 0. The van der Waals surface area contributed by atoms with Gasteiger partial charge in [-0.05, 0) is 77.2 Å². The first kappa shape index (κ1) is 28.8. The van der Waals surface area contributed by atoms with Gasteiger partial charge < -0.3 is 0 Å². The van der Waals surface area contributed by atoms with E-state index in [-0.39, 0.29) is 0 Å².